The molecule has 1 rings (SSSR count). The molecule has 0 aliphatic rings. The van der Waals surface area contributed by atoms with Gasteiger partial charge >= 0.3 is 0 Å². The number of benzene rings is 1. The lowest BCUT2D eigenvalue weighted by atomic mass is 10.4. The Balaban J connectivity index is 0.000000187. The Morgan fingerprint density at radius 1 is 0.889 bits per heavy atom. The summed E-state index contributed by atoms with van der Waals surface area (Å²) in [6.45, 7) is 0. The summed E-state index contributed by atoms with van der Waals surface area (Å²) in [5, 5.41) is 7.10. The van der Waals surface area contributed by atoms with Gasteiger partial charge in [0, 0.05) is 0 Å². The van der Waals surface area contributed by atoms with E-state index in [1.165, 1.54) is 6.19 Å². The fraction of sp³-hybridized carbons (Fsp3) is 0. The molecule has 0 unspecified atom stereocenters. The van der Waals surface area contributed by atoms with Gasteiger partial charge in [0.15, 0.2) is 6.19 Å². The molecule has 0 saturated carbocycles. The zero-order valence-electron chi connectivity index (χ0n) is 4.99. The van der Waals surface area contributed by atoms with E-state index >= 15 is 0 Å². The third-order valence-corrected chi connectivity index (χ3v) is 0.667. The van der Waals surface area contributed by atoms with E-state index in [2.05, 4.69) is 5.73 Å². The van der Waals surface area contributed by atoms with Crippen LogP contribution >= 0.6 is 0 Å². The fourth-order valence-electron chi connectivity index (χ4n) is 0.385. The van der Waals surface area contributed by atoms with Crippen LogP contribution in [-0.2, 0) is 0 Å². The largest absolute Gasteiger partial charge is 0.337 e. The summed E-state index contributed by atoms with van der Waals surface area (Å²) in [4.78, 5) is 0. The molecule has 1 aromatic carbocycles. The normalized spacial score (nSPS) is 6.11. The standard InChI is InChI=1S/C6H6.CH2N2/c1-2-4-6-5-3-1;2-1-3/h1-6H;2H2. The molecule has 0 heterocycles. The Hall–Kier alpha value is -1.49. The Morgan fingerprint density at radius 3 is 1.11 bits per heavy atom. The van der Waals surface area contributed by atoms with Gasteiger partial charge in [-0.05, 0) is 0 Å². The maximum Gasteiger partial charge on any atom is 0.173 e. The van der Waals surface area contributed by atoms with Gasteiger partial charge in [-0.3, -0.25) is 0 Å². The minimum Gasteiger partial charge on any atom is -0.337 e. The van der Waals surface area contributed by atoms with E-state index in [0.717, 1.165) is 0 Å². The second-order valence-corrected chi connectivity index (χ2v) is 1.28. The van der Waals surface area contributed by atoms with Crippen LogP contribution in [-0.4, -0.2) is 0 Å². The topological polar surface area (TPSA) is 49.8 Å². The van der Waals surface area contributed by atoms with Gasteiger partial charge in [0.2, 0.25) is 0 Å². The van der Waals surface area contributed by atoms with Gasteiger partial charge in [-0.1, -0.05) is 36.4 Å². The van der Waals surface area contributed by atoms with Crippen molar-refractivity contribution in [2.45, 2.75) is 0 Å². The SMILES string of the molecule is N#CN.c1ccccc1. The van der Waals surface area contributed by atoms with E-state index in [9.17, 15) is 0 Å². The third kappa shape index (κ3) is 6.51. The van der Waals surface area contributed by atoms with E-state index in [1.807, 2.05) is 36.4 Å². The van der Waals surface area contributed by atoms with Crippen molar-refractivity contribution in [2.24, 2.45) is 5.73 Å². The molecule has 0 saturated heterocycles. The highest BCUT2D eigenvalue weighted by molar-refractivity contribution is 4.99. The van der Waals surface area contributed by atoms with Gasteiger partial charge in [-0.15, -0.1) is 0 Å². The molecule has 0 spiro atoms. The first-order valence-corrected chi connectivity index (χ1v) is 2.51. The fourth-order valence-corrected chi connectivity index (χ4v) is 0.385. The van der Waals surface area contributed by atoms with Crippen LogP contribution in [0.4, 0.5) is 0 Å². The molecular formula is C7H8N2. The van der Waals surface area contributed by atoms with Crippen molar-refractivity contribution in [1.29, 1.82) is 5.26 Å². The van der Waals surface area contributed by atoms with Crippen molar-refractivity contribution < 1.29 is 0 Å². The van der Waals surface area contributed by atoms with Crippen LogP contribution in [0, 0.1) is 11.5 Å². The molecule has 0 fully saturated rings. The van der Waals surface area contributed by atoms with Crippen LogP contribution in [0.2, 0.25) is 0 Å². The summed E-state index contributed by atoms with van der Waals surface area (Å²) in [6, 6.07) is 12.0. The number of hydrogen-bond acceptors (Lipinski definition) is 2. The average Bonchev–Trinajstić information content (AvgIpc) is 1.93. The Morgan fingerprint density at radius 2 is 1.00 bits per heavy atom. The molecule has 2 nitrogen and oxygen atoms in total. The molecular weight excluding hydrogens is 112 g/mol. The summed E-state index contributed by atoms with van der Waals surface area (Å²) in [5.41, 5.74) is 4.15. The van der Waals surface area contributed by atoms with Gasteiger partial charge in [-0.25, -0.2) is 0 Å². The number of rotatable bonds is 0. The van der Waals surface area contributed by atoms with Crippen LogP contribution in [0.3, 0.4) is 0 Å². The molecule has 2 heteroatoms. The minimum absolute atomic E-state index is 1.25. The van der Waals surface area contributed by atoms with Gasteiger partial charge in [-0.2, -0.15) is 5.26 Å². The molecule has 9 heavy (non-hydrogen) atoms. The van der Waals surface area contributed by atoms with Crippen LogP contribution in [0.15, 0.2) is 36.4 Å². The molecule has 0 aliphatic heterocycles. The Bertz CT molecular complexity index is 137. The molecule has 1 aromatic rings. The Kier molecular flexibility index (Phi) is 5.43. The lowest BCUT2D eigenvalue weighted by Crippen LogP contribution is -1.69. The van der Waals surface area contributed by atoms with Gasteiger partial charge in [0.1, 0.15) is 0 Å². The summed E-state index contributed by atoms with van der Waals surface area (Å²) in [6.07, 6.45) is 1.25. The van der Waals surface area contributed by atoms with Gasteiger partial charge in [0.25, 0.3) is 0 Å². The first kappa shape index (κ1) is 7.51. The highest BCUT2D eigenvalue weighted by atomic mass is 14.5. The Labute approximate surface area is 54.5 Å². The predicted molar refractivity (Wildman–Crippen MR) is 36.2 cm³/mol. The van der Waals surface area contributed by atoms with E-state index in [0.29, 0.717) is 0 Å². The smallest absolute Gasteiger partial charge is 0.173 e. The second-order valence-electron chi connectivity index (χ2n) is 1.28. The van der Waals surface area contributed by atoms with E-state index in [-0.39, 0.29) is 0 Å². The zero-order valence-corrected chi connectivity index (χ0v) is 4.99. The highest BCUT2D eigenvalue weighted by Crippen LogP contribution is 1.79. The van der Waals surface area contributed by atoms with Crippen LogP contribution < -0.4 is 5.73 Å². The molecule has 0 bridgehead atoms. The molecule has 2 N–H and O–H groups in total. The molecule has 0 atom stereocenters. The van der Waals surface area contributed by atoms with Crippen LogP contribution in [0.5, 0.6) is 0 Å². The average molecular weight is 120 g/mol. The number of nitrogens with two attached hydrogens (primary N) is 1. The highest BCUT2D eigenvalue weighted by Gasteiger charge is 1.57. The first-order valence-electron chi connectivity index (χ1n) is 2.51. The van der Waals surface area contributed by atoms with Crippen molar-refractivity contribution in [1.82, 2.24) is 0 Å². The number of hydrogen-bond donors (Lipinski definition) is 1. The van der Waals surface area contributed by atoms with Crippen molar-refractivity contribution >= 4 is 0 Å². The lowest BCUT2D eigenvalue weighted by molar-refractivity contribution is 1.45. The summed E-state index contributed by atoms with van der Waals surface area (Å²) in [5.74, 6) is 0. The number of nitriles is 1. The summed E-state index contributed by atoms with van der Waals surface area (Å²) >= 11 is 0. The maximum atomic E-state index is 7.10. The molecule has 0 amide bonds. The third-order valence-electron chi connectivity index (χ3n) is 0.667. The van der Waals surface area contributed by atoms with E-state index < -0.39 is 0 Å². The predicted octanol–water partition coefficient (Wildman–Crippen LogP) is 1.11. The lowest BCUT2D eigenvalue weighted by Gasteiger charge is -1.69. The van der Waals surface area contributed by atoms with Crippen molar-refractivity contribution in [2.75, 3.05) is 0 Å². The van der Waals surface area contributed by atoms with Crippen molar-refractivity contribution in [3.8, 4) is 6.19 Å². The second kappa shape index (κ2) is 6.51. The van der Waals surface area contributed by atoms with Crippen molar-refractivity contribution in [3.05, 3.63) is 36.4 Å². The van der Waals surface area contributed by atoms with Crippen LogP contribution in [0.25, 0.3) is 0 Å². The van der Waals surface area contributed by atoms with Gasteiger partial charge < -0.3 is 5.73 Å². The quantitative estimate of drug-likeness (QED) is 0.412. The summed E-state index contributed by atoms with van der Waals surface area (Å²) < 4.78 is 0. The molecule has 0 aliphatic carbocycles. The first-order chi connectivity index (χ1) is 4.41. The maximum absolute atomic E-state index is 7.10. The molecule has 0 aromatic heterocycles. The zero-order chi connectivity index (χ0) is 6.95. The minimum atomic E-state index is 1.25. The summed E-state index contributed by atoms with van der Waals surface area (Å²) in [7, 11) is 0. The molecule has 46 valence electrons. The van der Waals surface area contributed by atoms with E-state index in [4.69, 9.17) is 5.26 Å². The monoisotopic (exact) mass is 120 g/mol. The van der Waals surface area contributed by atoms with Gasteiger partial charge in [0.05, 0.1) is 0 Å². The van der Waals surface area contributed by atoms with Crippen LogP contribution in [0.1, 0.15) is 0 Å². The van der Waals surface area contributed by atoms with E-state index in [1.54, 1.807) is 0 Å². The molecule has 0 radical (unpaired) electrons. The van der Waals surface area contributed by atoms with Crippen molar-refractivity contribution in [3.63, 3.8) is 0 Å². The number of nitrogens with zero attached hydrogens (tertiary/aromatic N) is 1.